The van der Waals surface area contributed by atoms with Gasteiger partial charge < -0.3 is 19.2 Å². The summed E-state index contributed by atoms with van der Waals surface area (Å²) in [6.07, 6.45) is 0.320. The lowest BCUT2D eigenvalue weighted by atomic mass is 10.1. The maximum absolute atomic E-state index is 13.8. The summed E-state index contributed by atoms with van der Waals surface area (Å²) in [5.74, 6) is -0.957. The molecule has 1 aromatic rings. The molecule has 1 N–H and O–H groups in total. The Bertz CT molecular complexity index is 399. The van der Waals surface area contributed by atoms with Crippen LogP contribution >= 0.6 is 0 Å². The van der Waals surface area contributed by atoms with Gasteiger partial charge in [0.2, 0.25) is 0 Å². The van der Waals surface area contributed by atoms with Crippen molar-refractivity contribution in [2.24, 2.45) is 0 Å². The van der Waals surface area contributed by atoms with E-state index in [4.69, 9.17) is 9.76 Å². The lowest BCUT2D eigenvalue weighted by Crippen LogP contribution is -2.08. The summed E-state index contributed by atoms with van der Waals surface area (Å²) in [6.45, 7) is -0.298. The van der Waals surface area contributed by atoms with Crippen LogP contribution in [0.1, 0.15) is 12.0 Å². The Morgan fingerprint density at radius 2 is 2.28 bits per heavy atom. The summed E-state index contributed by atoms with van der Waals surface area (Å²) >= 11 is 0. The van der Waals surface area contributed by atoms with E-state index in [2.05, 4.69) is 9.39 Å². The Morgan fingerprint density at radius 3 is 2.94 bits per heavy atom. The van der Waals surface area contributed by atoms with E-state index in [0.717, 1.165) is 0 Å². The number of aryl methyl sites for hydroxylation is 1. The predicted octanol–water partition coefficient (Wildman–Crippen LogP) is 0.811. The molecular weight excluding hydrogens is 242 g/mol. The molecule has 0 aliphatic heterocycles. The van der Waals surface area contributed by atoms with Gasteiger partial charge in [-0.2, -0.15) is 0 Å². The smallest absolute Gasteiger partial charge is 0.469 e. The maximum Gasteiger partial charge on any atom is 0.487 e. The number of esters is 1. The van der Waals surface area contributed by atoms with E-state index < -0.39 is 11.8 Å². The lowest BCUT2D eigenvalue weighted by molar-refractivity contribution is -0.140. The molecule has 0 saturated heterocycles. The number of ether oxygens (including phenoxy) is 2. The fourth-order valence-electron chi connectivity index (χ4n) is 1.33. The molecule has 1 radical (unpaired) electrons. The number of carbonyl (C=O) groups is 1. The Labute approximate surface area is 105 Å². The SMILES string of the molecule is COC(=O)CCc1cccc(OCO[B]O)c1F. The molecule has 97 valence electrons. The van der Waals surface area contributed by atoms with Gasteiger partial charge in [0, 0.05) is 6.42 Å². The standard InChI is InChI=1S/C11H13BFO5/c1-16-10(14)6-5-8-3-2-4-9(11(8)13)17-7-18-12-15/h2-4,15H,5-7H2,1H3. The van der Waals surface area contributed by atoms with Crippen molar-refractivity contribution in [1.82, 2.24) is 0 Å². The van der Waals surface area contributed by atoms with Crippen LogP contribution in [-0.4, -0.2) is 32.6 Å². The number of methoxy groups -OCH3 is 1. The van der Waals surface area contributed by atoms with Gasteiger partial charge in [0.25, 0.3) is 0 Å². The minimum absolute atomic E-state index is 0.000726. The van der Waals surface area contributed by atoms with Gasteiger partial charge in [-0.3, -0.25) is 4.79 Å². The molecule has 0 saturated carbocycles. The molecule has 18 heavy (non-hydrogen) atoms. The molecule has 0 bridgehead atoms. The summed E-state index contributed by atoms with van der Waals surface area (Å²) in [5, 5.41) is 8.27. The van der Waals surface area contributed by atoms with Gasteiger partial charge in [-0.15, -0.1) is 0 Å². The van der Waals surface area contributed by atoms with Crippen LogP contribution in [0.4, 0.5) is 4.39 Å². The van der Waals surface area contributed by atoms with Gasteiger partial charge in [-0.05, 0) is 18.1 Å². The number of benzene rings is 1. The predicted molar refractivity (Wildman–Crippen MR) is 61.3 cm³/mol. The number of halogens is 1. The highest BCUT2D eigenvalue weighted by Crippen LogP contribution is 2.21. The molecule has 0 unspecified atom stereocenters. The average molecular weight is 255 g/mol. The zero-order chi connectivity index (χ0) is 13.4. The van der Waals surface area contributed by atoms with Crippen LogP contribution in [0.3, 0.4) is 0 Å². The molecule has 0 aromatic heterocycles. The second-order valence-corrected chi connectivity index (χ2v) is 3.34. The van der Waals surface area contributed by atoms with Crippen molar-refractivity contribution in [3.05, 3.63) is 29.6 Å². The van der Waals surface area contributed by atoms with Crippen LogP contribution < -0.4 is 4.74 Å². The van der Waals surface area contributed by atoms with Crippen LogP contribution in [0.25, 0.3) is 0 Å². The number of carbonyl (C=O) groups excluding carboxylic acids is 1. The van der Waals surface area contributed by atoms with Gasteiger partial charge in [0.05, 0.1) is 7.11 Å². The van der Waals surface area contributed by atoms with Gasteiger partial charge in [0.15, 0.2) is 18.4 Å². The van der Waals surface area contributed by atoms with Crippen molar-refractivity contribution >= 4 is 13.7 Å². The Kier molecular flexibility index (Phi) is 6.17. The third-order valence-electron chi connectivity index (χ3n) is 2.23. The molecule has 0 spiro atoms. The quantitative estimate of drug-likeness (QED) is 0.338. The first-order chi connectivity index (χ1) is 8.69. The molecule has 1 aromatic carbocycles. The van der Waals surface area contributed by atoms with Gasteiger partial charge in [0.1, 0.15) is 0 Å². The zero-order valence-electron chi connectivity index (χ0n) is 9.89. The molecule has 0 amide bonds. The van der Waals surface area contributed by atoms with E-state index in [1.807, 2.05) is 0 Å². The van der Waals surface area contributed by atoms with Crippen LogP contribution in [0, 0.1) is 5.82 Å². The third kappa shape index (κ3) is 4.35. The van der Waals surface area contributed by atoms with Gasteiger partial charge >= 0.3 is 13.7 Å². The second kappa shape index (κ2) is 7.68. The van der Waals surface area contributed by atoms with Crippen molar-refractivity contribution in [2.75, 3.05) is 13.9 Å². The molecule has 0 aliphatic carbocycles. The first kappa shape index (κ1) is 14.5. The fourth-order valence-corrected chi connectivity index (χ4v) is 1.33. The summed E-state index contributed by atoms with van der Waals surface area (Å²) < 4.78 is 27.7. The maximum atomic E-state index is 13.8. The minimum Gasteiger partial charge on any atom is -0.469 e. The first-order valence-electron chi connectivity index (χ1n) is 5.23. The van der Waals surface area contributed by atoms with Gasteiger partial charge in [-0.25, -0.2) is 4.39 Å². The average Bonchev–Trinajstić information content (AvgIpc) is 2.39. The van der Waals surface area contributed by atoms with Crippen LogP contribution in [0.15, 0.2) is 18.2 Å². The zero-order valence-corrected chi connectivity index (χ0v) is 9.89. The lowest BCUT2D eigenvalue weighted by Gasteiger charge is -2.09. The molecular formula is C11H13BFO5. The molecule has 5 nitrogen and oxygen atoms in total. The van der Waals surface area contributed by atoms with Crippen molar-refractivity contribution in [3.63, 3.8) is 0 Å². The van der Waals surface area contributed by atoms with Crippen molar-refractivity contribution in [1.29, 1.82) is 0 Å². The van der Waals surface area contributed by atoms with Crippen LogP contribution in [-0.2, 0) is 20.6 Å². The summed E-state index contributed by atoms with van der Waals surface area (Å²) in [7, 11) is 1.74. The van der Waals surface area contributed by atoms with Gasteiger partial charge in [-0.1, -0.05) is 12.1 Å². The summed E-state index contributed by atoms with van der Waals surface area (Å²) in [6, 6.07) is 4.59. The highest BCUT2D eigenvalue weighted by atomic mass is 19.1. The molecule has 0 aliphatic rings. The van der Waals surface area contributed by atoms with Crippen molar-refractivity contribution < 1.29 is 28.3 Å². The Morgan fingerprint density at radius 1 is 1.50 bits per heavy atom. The molecule has 0 atom stereocenters. The normalized spacial score (nSPS) is 9.94. The summed E-state index contributed by atoms with van der Waals surface area (Å²) in [4.78, 5) is 11.0. The van der Waals surface area contributed by atoms with E-state index in [9.17, 15) is 9.18 Å². The molecule has 0 fully saturated rings. The number of hydrogen-bond donors (Lipinski definition) is 1. The van der Waals surface area contributed by atoms with E-state index >= 15 is 0 Å². The number of rotatable bonds is 7. The molecule has 0 heterocycles. The largest absolute Gasteiger partial charge is 0.487 e. The van der Waals surface area contributed by atoms with Crippen LogP contribution in [0.5, 0.6) is 5.75 Å². The van der Waals surface area contributed by atoms with Crippen LogP contribution in [0.2, 0.25) is 0 Å². The molecule has 7 heteroatoms. The van der Waals surface area contributed by atoms with E-state index in [0.29, 0.717) is 13.2 Å². The highest BCUT2D eigenvalue weighted by molar-refractivity contribution is 6.15. The monoisotopic (exact) mass is 255 g/mol. The van der Waals surface area contributed by atoms with E-state index in [-0.39, 0.29) is 25.4 Å². The summed E-state index contributed by atoms with van der Waals surface area (Å²) in [5.41, 5.74) is 0.353. The second-order valence-electron chi connectivity index (χ2n) is 3.34. The topological polar surface area (TPSA) is 65.0 Å². The minimum atomic E-state index is -0.553. The van der Waals surface area contributed by atoms with Crippen molar-refractivity contribution in [2.45, 2.75) is 12.8 Å². The van der Waals surface area contributed by atoms with E-state index in [1.165, 1.54) is 13.2 Å². The van der Waals surface area contributed by atoms with E-state index in [1.54, 1.807) is 12.1 Å². The third-order valence-corrected chi connectivity index (χ3v) is 2.23. The van der Waals surface area contributed by atoms with Crippen molar-refractivity contribution in [3.8, 4) is 5.75 Å². The molecule has 1 rings (SSSR count). The number of hydrogen-bond acceptors (Lipinski definition) is 5. The fraction of sp³-hybridized carbons (Fsp3) is 0.364. The highest BCUT2D eigenvalue weighted by Gasteiger charge is 2.11. The Hall–Kier alpha value is -1.60. The Balaban J connectivity index is 2.63. The first-order valence-corrected chi connectivity index (χ1v) is 5.23.